The average Bonchev–Trinajstić information content (AvgIpc) is 2.73. The second-order valence-electron chi connectivity index (χ2n) is 4.94. The van der Waals surface area contributed by atoms with Crippen molar-refractivity contribution in [2.45, 2.75) is 37.6 Å². The molecular formula is C12H18N2O2S. The van der Waals surface area contributed by atoms with E-state index in [1.807, 2.05) is 6.92 Å². The number of carbonyl (C=O) groups excluding carboxylic acids is 2. The van der Waals surface area contributed by atoms with Crippen LogP contribution in [0.4, 0.5) is 0 Å². The molecule has 2 fully saturated rings. The molecule has 5 heteroatoms. The van der Waals surface area contributed by atoms with E-state index in [2.05, 4.69) is 18.8 Å². The summed E-state index contributed by atoms with van der Waals surface area (Å²) in [6, 6.07) is -0.306. The number of nitrogens with one attached hydrogen (secondary N) is 1. The summed E-state index contributed by atoms with van der Waals surface area (Å²) in [5, 5.41) is 2.83. The van der Waals surface area contributed by atoms with Gasteiger partial charge in [0, 0.05) is 18.7 Å². The molecule has 2 unspecified atom stereocenters. The Kier molecular flexibility index (Phi) is 3.21. The van der Waals surface area contributed by atoms with Crippen molar-refractivity contribution in [1.82, 2.24) is 10.2 Å². The lowest BCUT2D eigenvalue weighted by Gasteiger charge is -2.29. The van der Waals surface area contributed by atoms with Crippen LogP contribution in [0.1, 0.15) is 26.7 Å². The minimum absolute atomic E-state index is 0.0560. The molecule has 2 amide bonds. The number of amides is 2. The van der Waals surface area contributed by atoms with Gasteiger partial charge in [0.25, 0.3) is 0 Å². The Morgan fingerprint density at radius 2 is 2.41 bits per heavy atom. The normalized spacial score (nSPS) is 31.5. The maximum atomic E-state index is 12.0. The molecule has 0 aromatic rings. The van der Waals surface area contributed by atoms with E-state index in [0.717, 1.165) is 12.0 Å². The van der Waals surface area contributed by atoms with Crippen molar-refractivity contribution in [2.24, 2.45) is 0 Å². The Labute approximate surface area is 106 Å². The molecule has 2 aliphatic heterocycles. The third-order valence-electron chi connectivity index (χ3n) is 3.31. The molecule has 0 aromatic heterocycles. The van der Waals surface area contributed by atoms with E-state index in [9.17, 15) is 9.59 Å². The molecule has 0 aromatic carbocycles. The Morgan fingerprint density at radius 3 is 3.06 bits per heavy atom. The fraction of sp³-hybridized carbons (Fsp3) is 0.667. The van der Waals surface area contributed by atoms with E-state index in [1.54, 1.807) is 16.7 Å². The largest absolute Gasteiger partial charge is 0.351 e. The minimum atomic E-state index is -0.306. The SMILES string of the molecule is C=C(C)CNC(=O)C1CSC2(C)CCC(=O)N12. The Bertz CT molecular complexity index is 383. The van der Waals surface area contributed by atoms with Gasteiger partial charge < -0.3 is 10.2 Å². The first-order valence-corrected chi connectivity index (χ1v) is 6.81. The first-order valence-electron chi connectivity index (χ1n) is 5.82. The molecule has 2 heterocycles. The van der Waals surface area contributed by atoms with Gasteiger partial charge in [-0.25, -0.2) is 0 Å². The van der Waals surface area contributed by atoms with Crippen LogP contribution in [0.25, 0.3) is 0 Å². The molecule has 1 N–H and O–H groups in total. The first-order chi connectivity index (χ1) is 7.94. The van der Waals surface area contributed by atoms with Gasteiger partial charge in [0.15, 0.2) is 0 Å². The Hall–Kier alpha value is -0.970. The van der Waals surface area contributed by atoms with Crippen LogP contribution in [0.5, 0.6) is 0 Å². The second kappa shape index (κ2) is 4.37. The van der Waals surface area contributed by atoms with Crippen LogP contribution < -0.4 is 5.32 Å². The number of hydrogen-bond acceptors (Lipinski definition) is 3. The standard InChI is InChI=1S/C12H18N2O2S/c1-8(2)6-13-11(16)9-7-17-12(3)5-4-10(15)14(9)12/h9H,1,4-7H2,2-3H3,(H,13,16). The molecule has 4 nitrogen and oxygen atoms in total. The number of rotatable bonds is 3. The smallest absolute Gasteiger partial charge is 0.243 e. The average molecular weight is 254 g/mol. The molecule has 0 bridgehead atoms. The summed E-state index contributed by atoms with van der Waals surface area (Å²) in [6.45, 7) is 8.15. The zero-order valence-corrected chi connectivity index (χ0v) is 11.1. The van der Waals surface area contributed by atoms with Gasteiger partial charge in [0.1, 0.15) is 6.04 Å². The third-order valence-corrected chi connectivity index (χ3v) is 4.82. The quantitative estimate of drug-likeness (QED) is 0.768. The molecular weight excluding hydrogens is 236 g/mol. The lowest BCUT2D eigenvalue weighted by molar-refractivity contribution is -0.137. The lowest BCUT2D eigenvalue weighted by atomic mass is 10.2. The van der Waals surface area contributed by atoms with Gasteiger partial charge >= 0.3 is 0 Å². The Balaban J connectivity index is 2.05. The topological polar surface area (TPSA) is 49.4 Å². The fourth-order valence-electron chi connectivity index (χ4n) is 2.37. The number of thioether (sulfide) groups is 1. The fourth-order valence-corrected chi connectivity index (χ4v) is 3.80. The van der Waals surface area contributed by atoms with Crippen molar-refractivity contribution >= 4 is 23.6 Å². The lowest BCUT2D eigenvalue weighted by Crippen LogP contribution is -2.50. The van der Waals surface area contributed by atoms with Gasteiger partial charge in [0.05, 0.1) is 4.87 Å². The van der Waals surface area contributed by atoms with E-state index >= 15 is 0 Å². The molecule has 17 heavy (non-hydrogen) atoms. The maximum Gasteiger partial charge on any atom is 0.243 e. The number of hydrogen-bond donors (Lipinski definition) is 1. The van der Waals surface area contributed by atoms with Crippen molar-refractivity contribution in [3.8, 4) is 0 Å². The summed E-state index contributed by atoms with van der Waals surface area (Å²) < 4.78 is 0. The highest BCUT2D eigenvalue weighted by atomic mass is 32.2. The molecule has 2 rings (SSSR count). The molecule has 0 saturated carbocycles. The number of carbonyl (C=O) groups is 2. The second-order valence-corrected chi connectivity index (χ2v) is 6.44. The summed E-state index contributed by atoms with van der Waals surface area (Å²) in [4.78, 5) is 25.5. The van der Waals surface area contributed by atoms with E-state index in [1.165, 1.54) is 0 Å². The summed E-state index contributed by atoms with van der Waals surface area (Å²) >= 11 is 1.71. The number of nitrogens with zero attached hydrogens (tertiary/aromatic N) is 1. The van der Waals surface area contributed by atoms with E-state index in [-0.39, 0.29) is 22.7 Å². The minimum Gasteiger partial charge on any atom is -0.351 e. The van der Waals surface area contributed by atoms with Gasteiger partial charge in [-0.1, -0.05) is 12.2 Å². The summed E-state index contributed by atoms with van der Waals surface area (Å²) in [5.41, 5.74) is 0.916. The summed E-state index contributed by atoms with van der Waals surface area (Å²) in [6.07, 6.45) is 1.41. The van der Waals surface area contributed by atoms with E-state index in [4.69, 9.17) is 0 Å². The zero-order chi connectivity index (χ0) is 12.6. The molecule has 2 atom stereocenters. The monoisotopic (exact) mass is 254 g/mol. The van der Waals surface area contributed by atoms with Crippen molar-refractivity contribution in [3.63, 3.8) is 0 Å². The van der Waals surface area contributed by atoms with Gasteiger partial charge in [0.2, 0.25) is 11.8 Å². The van der Waals surface area contributed by atoms with Gasteiger partial charge in [-0.15, -0.1) is 11.8 Å². The summed E-state index contributed by atoms with van der Waals surface area (Å²) in [5.74, 6) is 0.747. The van der Waals surface area contributed by atoms with Crippen molar-refractivity contribution < 1.29 is 9.59 Å². The molecule has 0 aliphatic carbocycles. The highest BCUT2D eigenvalue weighted by molar-refractivity contribution is 8.01. The summed E-state index contributed by atoms with van der Waals surface area (Å²) in [7, 11) is 0. The van der Waals surface area contributed by atoms with Gasteiger partial charge in [-0.05, 0) is 20.3 Å². The third kappa shape index (κ3) is 2.20. The van der Waals surface area contributed by atoms with Gasteiger partial charge in [-0.3, -0.25) is 9.59 Å². The van der Waals surface area contributed by atoms with Crippen LogP contribution in [-0.4, -0.2) is 39.9 Å². The predicted molar refractivity (Wildman–Crippen MR) is 68.6 cm³/mol. The van der Waals surface area contributed by atoms with Crippen LogP contribution >= 0.6 is 11.8 Å². The maximum absolute atomic E-state index is 12.0. The van der Waals surface area contributed by atoms with Crippen LogP contribution in [-0.2, 0) is 9.59 Å². The van der Waals surface area contributed by atoms with Crippen LogP contribution in [0, 0.1) is 0 Å². The predicted octanol–water partition coefficient (Wildman–Crippen LogP) is 1.13. The molecule has 2 aliphatic rings. The van der Waals surface area contributed by atoms with Crippen LogP contribution in [0.15, 0.2) is 12.2 Å². The Morgan fingerprint density at radius 1 is 1.71 bits per heavy atom. The van der Waals surface area contributed by atoms with Gasteiger partial charge in [-0.2, -0.15) is 0 Å². The van der Waals surface area contributed by atoms with Crippen molar-refractivity contribution in [2.75, 3.05) is 12.3 Å². The molecule has 94 valence electrons. The zero-order valence-electron chi connectivity index (χ0n) is 10.3. The molecule has 0 radical (unpaired) electrons. The van der Waals surface area contributed by atoms with Crippen molar-refractivity contribution in [1.29, 1.82) is 0 Å². The molecule has 2 saturated heterocycles. The van der Waals surface area contributed by atoms with Crippen molar-refractivity contribution in [3.05, 3.63) is 12.2 Å². The van der Waals surface area contributed by atoms with E-state index in [0.29, 0.717) is 18.7 Å². The van der Waals surface area contributed by atoms with Crippen LogP contribution in [0.2, 0.25) is 0 Å². The first kappa shape index (κ1) is 12.5. The van der Waals surface area contributed by atoms with E-state index < -0.39 is 0 Å². The number of fused-ring (bicyclic) bond motifs is 1. The highest BCUT2D eigenvalue weighted by Crippen LogP contribution is 2.47. The highest BCUT2D eigenvalue weighted by Gasteiger charge is 2.52. The molecule has 0 spiro atoms. The van der Waals surface area contributed by atoms with Crippen LogP contribution in [0.3, 0.4) is 0 Å².